The highest BCUT2D eigenvalue weighted by molar-refractivity contribution is 7.89. The molecule has 41 heavy (non-hydrogen) atoms. The number of aromatic nitrogens is 1. The zero-order valence-corrected chi connectivity index (χ0v) is 23.3. The number of anilines is 1. The molecule has 2 N–H and O–H groups in total. The van der Waals surface area contributed by atoms with Crippen LogP contribution in [-0.2, 0) is 23.1 Å². The zero-order chi connectivity index (χ0) is 28.7. The third-order valence-corrected chi connectivity index (χ3v) is 8.82. The fourth-order valence-corrected chi connectivity index (χ4v) is 6.15. The van der Waals surface area contributed by atoms with Crippen molar-refractivity contribution in [3.63, 3.8) is 0 Å². The van der Waals surface area contributed by atoms with E-state index in [0.29, 0.717) is 61.0 Å². The van der Waals surface area contributed by atoms with Crippen molar-refractivity contribution < 1.29 is 18.0 Å². The number of nitrogens with zero attached hydrogens (tertiary/aromatic N) is 3. The third kappa shape index (κ3) is 7.04. The van der Waals surface area contributed by atoms with Crippen LogP contribution >= 0.6 is 0 Å². The van der Waals surface area contributed by atoms with Crippen LogP contribution in [0.5, 0.6) is 0 Å². The van der Waals surface area contributed by atoms with Crippen LogP contribution in [0.15, 0.2) is 108 Å². The molecule has 0 bridgehead atoms. The van der Waals surface area contributed by atoms with Gasteiger partial charge in [-0.15, -0.1) is 0 Å². The smallest absolute Gasteiger partial charge is 0.255 e. The summed E-state index contributed by atoms with van der Waals surface area (Å²) in [6, 6.07) is 26.4. The third-order valence-electron chi connectivity index (χ3n) is 6.90. The van der Waals surface area contributed by atoms with Crippen molar-refractivity contribution in [3.05, 3.63) is 126 Å². The van der Waals surface area contributed by atoms with Crippen LogP contribution in [0, 0.1) is 0 Å². The Kier molecular flexibility index (Phi) is 8.83. The molecule has 1 aliphatic heterocycles. The first-order chi connectivity index (χ1) is 19.9. The van der Waals surface area contributed by atoms with Gasteiger partial charge in [0, 0.05) is 57.2 Å². The molecule has 5 rings (SSSR count). The number of benzene rings is 3. The zero-order valence-electron chi connectivity index (χ0n) is 22.4. The Bertz CT molecular complexity index is 1610. The lowest BCUT2D eigenvalue weighted by Crippen LogP contribution is -2.48. The normalized spacial score (nSPS) is 14.3. The SMILES string of the molecule is O=C(Nc1ccccc1C(=O)NCc1cccnc1)c1cccc(CN2CCN(S(=O)(=O)c3ccccc3)CC2)c1. The fourth-order valence-electron chi connectivity index (χ4n) is 4.70. The standard InChI is InChI=1S/C31H31N5O4S/c37-30(34-29-14-5-4-13-28(29)31(38)33-22-25-9-7-15-32-21-25)26-10-6-8-24(20-26)23-35-16-18-36(19-17-35)41(39,40)27-11-2-1-3-12-27/h1-15,20-21H,16-19,22-23H2,(H,33,38)(H,34,37). The Morgan fingerprint density at radius 1 is 0.780 bits per heavy atom. The monoisotopic (exact) mass is 569 g/mol. The molecule has 1 aromatic heterocycles. The number of piperazine rings is 1. The molecule has 9 nitrogen and oxygen atoms in total. The van der Waals surface area contributed by atoms with Gasteiger partial charge in [0.25, 0.3) is 11.8 Å². The molecule has 1 saturated heterocycles. The molecule has 10 heteroatoms. The minimum absolute atomic E-state index is 0.299. The van der Waals surface area contributed by atoms with Crippen molar-refractivity contribution in [2.24, 2.45) is 0 Å². The van der Waals surface area contributed by atoms with Gasteiger partial charge in [0.15, 0.2) is 0 Å². The van der Waals surface area contributed by atoms with Gasteiger partial charge in [-0.25, -0.2) is 8.42 Å². The molecular formula is C31H31N5O4S. The average molecular weight is 570 g/mol. The number of hydrogen-bond donors (Lipinski definition) is 2. The molecule has 2 heterocycles. The van der Waals surface area contributed by atoms with Gasteiger partial charge in [0.2, 0.25) is 10.0 Å². The van der Waals surface area contributed by atoms with Crippen molar-refractivity contribution in [1.82, 2.24) is 19.5 Å². The Balaban J connectivity index is 1.19. The topological polar surface area (TPSA) is 112 Å². The molecule has 0 atom stereocenters. The first-order valence-corrected chi connectivity index (χ1v) is 14.8. The Labute approximate surface area is 239 Å². The van der Waals surface area contributed by atoms with E-state index in [1.165, 1.54) is 4.31 Å². The molecule has 4 aromatic rings. The van der Waals surface area contributed by atoms with Crippen molar-refractivity contribution in [3.8, 4) is 0 Å². The van der Waals surface area contributed by atoms with Crippen LogP contribution in [0.4, 0.5) is 5.69 Å². The van der Waals surface area contributed by atoms with E-state index in [-0.39, 0.29) is 11.8 Å². The van der Waals surface area contributed by atoms with E-state index in [2.05, 4.69) is 20.5 Å². The van der Waals surface area contributed by atoms with Crippen LogP contribution < -0.4 is 10.6 Å². The van der Waals surface area contributed by atoms with Gasteiger partial charge in [-0.1, -0.05) is 48.5 Å². The van der Waals surface area contributed by atoms with Crippen LogP contribution in [0.25, 0.3) is 0 Å². The number of pyridine rings is 1. The highest BCUT2D eigenvalue weighted by Gasteiger charge is 2.28. The van der Waals surface area contributed by atoms with Gasteiger partial charge < -0.3 is 10.6 Å². The second-order valence-corrected chi connectivity index (χ2v) is 11.7. The van der Waals surface area contributed by atoms with E-state index in [1.54, 1.807) is 79.1 Å². The van der Waals surface area contributed by atoms with Crippen LogP contribution in [0.1, 0.15) is 31.8 Å². The van der Waals surface area contributed by atoms with E-state index in [0.717, 1.165) is 11.1 Å². The number of sulfonamides is 1. The molecule has 210 valence electrons. The second kappa shape index (κ2) is 12.9. The summed E-state index contributed by atoms with van der Waals surface area (Å²) >= 11 is 0. The van der Waals surface area contributed by atoms with Gasteiger partial charge >= 0.3 is 0 Å². The first-order valence-electron chi connectivity index (χ1n) is 13.3. The van der Waals surface area contributed by atoms with Crippen molar-refractivity contribution in [2.45, 2.75) is 18.0 Å². The van der Waals surface area contributed by atoms with E-state index >= 15 is 0 Å². The maximum absolute atomic E-state index is 13.2. The predicted octanol–water partition coefficient (Wildman–Crippen LogP) is 3.77. The van der Waals surface area contributed by atoms with Gasteiger partial charge in [-0.2, -0.15) is 4.31 Å². The summed E-state index contributed by atoms with van der Waals surface area (Å²) in [6.45, 7) is 2.89. The maximum atomic E-state index is 13.2. The summed E-state index contributed by atoms with van der Waals surface area (Å²) in [5.41, 5.74) is 3.07. The van der Waals surface area contributed by atoms with Crippen molar-refractivity contribution in [2.75, 3.05) is 31.5 Å². The van der Waals surface area contributed by atoms with Crippen molar-refractivity contribution in [1.29, 1.82) is 0 Å². The maximum Gasteiger partial charge on any atom is 0.255 e. The first kappa shape index (κ1) is 28.2. The van der Waals surface area contributed by atoms with Gasteiger partial charge in [0.05, 0.1) is 16.1 Å². The molecule has 2 amide bonds. The summed E-state index contributed by atoms with van der Waals surface area (Å²) in [7, 11) is -3.51. The van der Waals surface area contributed by atoms with Crippen LogP contribution in [0.2, 0.25) is 0 Å². The van der Waals surface area contributed by atoms with E-state index in [1.807, 2.05) is 24.3 Å². The largest absolute Gasteiger partial charge is 0.348 e. The summed E-state index contributed by atoms with van der Waals surface area (Å²) in [5.74, 6) is -0.620. The van der Waals surface area contributed by atoms with Gasteiger partial charge in [-0.05, 0) is 53.6 Å². The van der Waals surface area contributed by atoms with Crippen LogP contribution in [-0.4, -0.2) is 60.6 Å². The molecule has 0 unspecified atom stereocenters. The minimum atomic E-state index is -3.51. The molecule has 0 spiro atoms. The predicted molar refractivity (Wildman–Crippen MR) is 157 cm³/mol. The molecule has 1 fully saturated rings. The quantitative estimate of drug-likeness (QED) is 0.318. The Morgan fingerprint density at radius 3 is 2.27 bits per heavy atom. The lowest BCUT2D eigenvalue weighted by atomic mass is 10.1. The summed E-state index contributed by atoms with van der Waals surface area (Å²) in [4.78, 5) is 32.6. The molecular weight excluding hydrogens is 538 g/mol. The summed E-state index contributed by atoms with van der Waals surface area (Å²) in [6.07, 6.45) is 3.36. The second-order valence-electron chi connectivity index (χ2n) is 9.74. The minimum Gasteiger partial charge on any atom is -0.348 e. The molecule has 3 aromatic carbocycles. The van der Waals surface area contributed by atoms with E-state index in [4.69, 9.17) is 0 Å². The van der Waals surface area contributed by atoms with E-state index < -0.39 is 10.0 Å². The number of hydrogen-bond acceptors (Lipinski definition) is 6. The summed E-state index contributed by atoms with van der Waals surface area (Å²) < 4.78 is 27.4. The lowest BCUT2D eigenvalue weighted by Gasteiger charge is -2.34. The molecule has 1 aliphatic rings. The summed E-state index contributed by atoms with van der Waals surface area (Å²) in [5, 5.41) is 5.74. The molecule has 0 radical (unpaired) electrons. The lowest BCUT2D eigenvalue weighted by molar-refractivity contribution is 0.0951. The van der Waals surface area contributed by atoms with E-state index in [9.17, 15) is 18.0 Å². The number of rotatable bonds is 9. The number of nitrogens with one attached hydrogen (secondary N) is 2. The number of para-hydroxylation sites is 1. The fraction of sp³-hybridized carbons (Fsp3) is 0.194. The van der Waals surface area contributed by atoms with Gasteiger partial charge in [0.1, 0.15) is 0 Å². The molecule has 0 aliphatic carbocycles. The van der Waals surface area contributed by atoms with Crippen molar-refractivity contribution >= 4 is 27.5 Å². The average Bonchev–Trinajstić information content (AvgIpc) is 3.01. The Hall–Kier alpha value is -4.38. The number of carbonyl (C=O) groups excluding carboxylic acids is 2. The highest BCUT2D eigenvalue weighted by Crippen LogP contribution is 2.20. The molecule has 0 saturated carbocycles. The number of carbonyl (C=O) groups is 2. The van der Waals surface area contributed by atoms with Gasteiger partial charge in [-0.3, -0.25) is 19.5 Å². The Morgan fingerprint density at radius 2 is 1.51 bits per heavy atom. The highest BCUT2D eigenvalue weighted by atomic mass is 32.2. The number of amides is 2. The van der Waals surface area contributed by atoms with Crippen LogP contribution in [0.3, 0.4) is 0 Å².